The highest BCUT2D eigenvalue weighted by atomic mass is 35.5. The molecular formula is C17H15ClFNO. The number of hydrogen-bond acceptors (Lipinski definition) is 2. The smallest absolute Gasteiger partial charge is 0.193 e. The lowest BCUT2D eigenvalue weighted by atomic mass is 9.97. The Hall–Kier alpha value is -1.71. The van der Waals surface area contributed by atoms with Gasteiger partial charge in [-0.2, -0.15) is 0 Å². The molecule has 1 aliphatic heterocycles. The lowest BCUT2D eigenvalue weighted by molar-refractivity contribution is 0.103. The van der Waals surface area contributed by atoms with Gasteiger partial charge in [-0.05, 0) is 43.3 Å². The van der Waals surface area contributed by atoms with Crippen LogP contribution in [0.5, 0.6) is 0 Å². The van der Waals surface area contributed by atoms with E-state index in [4.69, 9.17) is 11.6 Å². The Morgan fingerprint density at radius 3 is 2.62 bits per heavy atom. The van der Waals surface area contributed by atoms with Crippen molar-refractivity contribution in [2.24, 2.45) is 0 Å². The average Bonchev–Trinajstić information content (AvgIpc) is 2.41. The van der Waals surface area contributed by atoms with E-state index in [1.807, 2.05) is 18.2 Å². The SMILES string of the molecule is O=C(c1cc(F)cc(Cl)c1)c1ccccc1CN1CCC1. The van der Waals surface area contributed by atoms with Crippen LogP contribution in [0.15, 0.2) is 42.5 Å². The zero-order valence-corrected chi connectivity index (χ0v) is 12.2. The molecular weight excluding hydrogens is 289 g/mol. The van der Waals surface area contributed by atoms with E-state index >= 15 is 0 Å². The van der Waals surface area contributed by atoms with Gasteiger partial charge in [0.15, 0.2) is 5.78 Å². The first-order valence-corrected chi connectivity index (χ1v) is 7.32. The Morgan fingerprint density at radius 1 is 1.19 bits per heavy atom. The zero-order chi connectivity index (χ0) is 14.8. The van der Waals surface area contributed by atoms with E-state index in [1.54, 1.807) is 6.07 Å². The Morgan fingerprint density at radius 2 is 1.95 bits per heavy atom. The number of ketones is 1. The van der Waals surface area contributed by atoms with Crippen molar-refractivity contribution in [1.29, 1.82) is 0 Å². The molecule has 2 aromatic rings. The van der Waals surface area contributed by atoms with Crippen LogP contribution in [-0.4, -0.2) is 23.8 Å². The van der Waals surface area contributed by atoms with Crippen LogP contribution >= 0.6 is 11.6 Å². The van der Waals surface area contributed by atoms with Gasteiger partial charge >= 0.3 is 0 Å². The van der Waals surface area contributed by atoms with Crippen molar-refractivity contribution in [3.8, 4) is 0 Å². The highest BCUT2D eigenvalue weighted by Crippen LogP contribution is 2.21. The number of nitrogens with zero attached hydrogens (tertiary/aromatic N) is 1. The Balaban J connectivity index is 1.93. The second-order valence-electron chi connectivity index (χ2n) is 5.27. The second-order valence-corrected chi connectivity index (χ2v) is 5.71. The van der Waals surface area contributed by atoms with Gasteiger partial charge in [0.25, 0.3) is 0 Å². The fourth-order valence-corrected chi connectivity index (χ4v) is 2.72. The number of carbonyl (C=O) groups excluding carboxylic acids is 1. The maximum absolute atomic E-state index is 13.4. The predicted octanol–water partition coefficient (Wildman–Crippen LogP) is 3.92. The van der Waals surface area contributed by atoms with Gasteiger partial charge in [-0.1, -0.05) is 35.9 Å². The topological polar surface area (TPSA) is 20.3 Å². The van der Waals surface area contributed by atoms with E-state index in [0.29, 0.717) is 5.56 Å². The molecule has 108 valence electrons. The predicted molar refractivity (Wildman–Crippen MR) is 81.2 cm³/mol. The van der Waals surface area contributed by atoms with Gasteiger partial charge < -0.3 is 0 Å². The van der Waals surface area contributed by atoms with E-state index in [1.165, 1.54) is 24.6 Å². The summed E-state index contributed by atoms with van der Waals surface area (Å²) in [5, 5.41) is 0.235. The fraction of sp³-hybridized carbons (Fsp3) is 0.235. The Labute approximate surface area is 128 Å². The summed E-state index contributed by atoms with van der Waals surface area (Å²) >= 11 is 5.84. The minimum absolute atomic E-state index is 0.187. The van der Waals surface area contributed by atoms with Crippen molar-refractivity contribution in [2.45, 2.75) is 13.0 Å². The minimum Gasteiger partial charge on any atom is -0.299 e. The van der Waals surface area contributed by atoms with E-state index in [0.717, 1.165) is 25.2 Å². The third kappa shape index (κ3) is 3.14. The van der Waals surface area contributed by atoms with Crippen LogP contribution in [0.3, 0.4) is 0 Å². The lowest BCUT2D eigenvalue weighted by Crippen LogP contribution is -2.36. The molecule has 0 atom stereocenters. The van der Waals surface area contributed by atoms with Crippen LogP contribution in [0.2, 0.25) is 5.02 Å². The molecule has 0 bridgehead atoms. The molecule has 1 fully saturated rings. The molecule has 0 aliphatic carbocycles. The maximum Gasteiger partial charge on any atom is 0.193 e. The molecule has 0 saturated carbocycles. The van der Waals surface area contributed by atoms with Gasteiger partial charge in [0, 0.05) is 22.7 Å². The van der Waals surface area contributed by atoms with E-state index in [2.05, 4.69) is 4.90 Å². The summed E-state index contributed by atoms with van der Waals surface area (Å²) in [7, 11) is 0. The van der Waals surface area contributed by atoms with Crippen LogP contribution in [0.1, 0.15) is 27.9 Å². The first-order valence-electron chi connectivity index (χ1n) is 6.94. The van der Waals surface area contributed by atoms with Gasteiger partial charge in [0.1, 0.15) is 5.82 Å². The monoisotopic (exact) mass is 303 g/mol. The number of rotatable bonds is 4. The van der Waals surface area contributed by atoms with E-state index in [9.17, 15) is 9.18 Å². The molecule has 2 nitrogen and oxygen atoms in total. The Bertz CT molecular complexity index is 662. The molecule has 0 spiro atoms. The molecule has 1 aliphatic rings. The average molecular weight is 304 g/mol. The highest BCUT2D eigenvalue weighted by Gasteiger charge is 2.19. The van der Waals surface area contributed by atoms with Crippen LogP contribution in [0.4, 0.5) is 4.39 Å². The van der Waals surface area contributed by atoms with Crippen molar-refractivity contribution in [3.05, 3.63) is 70.0 Å². The summed E-state index contributed by atoms with van der Waals surface area (Å²) in [6.45, 7) is 2.88. The first-order chi connectivity index (χ1) is 10.1. The van der Waals surface area contributed by atoms with Gasteiger partial charge in [-0.15, -0.1) is 0 Å². The summed E-state index contributed by atoms with van der Waals surface area (Å²) in [6, 6.07) is 11.4. The molecule has 1 saturated heterocycles. The number of likely N-dealkylation sites (tertiary alicyclic amines) is 1. The number of carbonyl (C=O) groups is 1. The molecule has 0 amide bonds. The lowest BCUT2D eigenvalue weighted by Gasteiger charge is -2.31. The third-order valence-electron chi connectivity index (χ3n) is 3.73. The normalized spacial score (nSPS) is 14.8. The van der Waals surface area contributed by atoms with E-state index < -0.39 is 5.82 Å². The third-order valence-corrected chi connectivity index (χ3v) is 3.95. The largest absolute Gasteiger partial charge is 0.299 e. The molecule has 0 N–H and O–H groups in total. The van der Waals surface area contributed by atoms with Crippen molar-refractivity contribution < 1.29 is 9.18 Å². The molecule has 2 aromatic carbocycles. The van der Waals surface area contributed by atoms with Crippen molar-refractivity contribution in [3.63, 3.8) is 0 Å². The summed E-state index contributed by atoms with van der Waals surface area (Å²) in [5.41, 5.74) is 1.88. The maximum atomic E-state index is 13.4. The summed E-state index contributed by atoms with van der Waals surface area (Å²) in [6.07, 6.45) is 1.20. The summed E-state index contributed by atoms with van der Waals surface area (Å²) in [4.78, 5) is 14.9. The van der Waals surface area contributed by atoms with Gasteiger partial charge in [-0.25, -0.2) is 4.39 Å². The van der Waals surface area contributed by atoms with Gasteiger partial charge in [0.2, 0.25) is 0 Å². The number of halogens is 2. The van der Waals surface area contributed by atoms with Crippen LogP contribution in [-0.2, 0) is 6.54 Å². The molecule has 0 radical (unpaired) electrons. The van der Waals surface area contributed by atoms with Crippen molar-refractivity contribution >= 4 is 17.4 Å². The first kappa shape index (κ1) is 14.2. The summed E-state index contributed by atoms with van der Waals surface area (Å²) < 4.78 is 13.4. The molecule has 0 aromatic heterocycles. The van der Waals surface area contributed by atoms with Crippen molar-refractivity contribution in [2.75, 3.05) is 13.1 Å². The van der Waals surface area contributed by atoms with Gasteiger partial charge in [-0.3, -0.25) is 9.69 Å². The molecule has 4 heteroatoms. The number of benzene rings is 2. The van der Waals surface area contributed by atoms with Gasteiger partial charge in [0.05, 0.1) is 0 Å². The van der Waals surface area contributed by atoms with Crippen LogP contribution in [0.25, 0.3) is 0 Å². The van der Waals surface area contributed by atoms with Crippen LogP contribution < -0.4 is 0 Å². The quantitative estimate of drug-likeness (QED) is 0.798. The van der Waals surface area contributed by atoms with Crippen LogP contribution in [0, 0.1) is 5.82 Å². The zero-order valence-electron chi connectivity index (χ0n) is 11.5. The van der Waals surface area contributed by atoms with E-state index in [-0.39, 0.29) is 16.4 Å². The molecule has 0 unspecified atom stereocenters. The summed E-state index contributed by atoms with van der Waals surface area (Å²) in [5.74, 6) is -0.682. The second kappa shape index (κ2) is 5.96. The Kier molecular flexibility index (Phi) is 4.04. The molecule has 1 heterocycles. The standard InChI is InChI=1S/C17H15ClFNO/c18-14-8-13(9-15(19)10-14)17(21)16-5-2-1-4-12(16)11-20-6-3-7-20/h1-2,4-5,8-10H,3,6-7,11H2. The molecule has 3 rings (SSSR count). The molecule has 21 heavy (non-hydrogen) atoms. The minimum atomic E-state index is -0.494. The number of hydrogen-bond donors (Lipinski definition) is 0. The van der Waals surface area contributed by atoms with Crippen molar-refractivity contribution in [1.82, 2.24) is 4.90 Å². The highest BCUT2D eigenvalue weighted by molar-refractivity contribution is 6.31. The fourth-order valence-electron chi connectivity index (χ4n) is 2.50.